The molecule has 1 unspecified atom stereocenters. The van der Waals surface area contributed by atoms with Crippen LogP contribution in [0.3, 0.4) is 0 Å². The fraction of sp³-hybridized carbons (Fsp3) is 0.357. The topological polar surface area (TPSA) is 63.4 Å². The second kappa shape index (κ2) is 6.62. The Morgan fingerprint density at radius 2 is 2.14 bits per heavy atom. The van der Waals surface area contributed by atoms with E-state index in [0.717, 1.165) is 22.8 Å². The molecule has 0 N–H and O–H groups in total. The zero-order valence-electron chi connectivity index (χ0n) is 11.7. The minimum atomic E-state index is -3.53. The average Bonchev–Trinajstić information content (AvgIpc) is 2.94. The Labute approximate surface area is 138 Å². The van der Waals surface area contributed by atoms with E-state index < -0.39 is 10.0 Å². The van der Waals surface area contributed by atoms with Crippen LogP contribution < -0.4 is 0 Å². The van der Waals surface area contributed by atoms with Crippen LogP contribution in [0.25, 0.3) is 0 Å². The maximum Gasteiger partial charge on any atom is 0.247 e. The molecule has 0 aliphatic carbocycles. The molecule has 5 nitrogen and oxygen atoms in total. The van der Waals surface area contributed by atoms with Crippen LogP contribution in [-0.2, 0) is 10.0 Å². The predicted molar refractivity (Wildman–Crippen MR) is 86.5 cm³/mol. The van der Waals surface area contributed by atoms with E-state index in [1.165, 1.54) is 16.8 Å². The normalized spacial score (nSPS) is 20.7. The van der Waals surface area contributed by atoms with Crippen LogP contribution in [-0.4, -0.2) is 36.7 Å². The number of benzene rings is 1. The Hall–Kier alpha value is -1.02. The standard InChI is InChI=1S/C14H15ClN2O3S2/c15-13-4-2-1-3-12(13)14-5-6-17(7-8-21-14)22(18,19)11-9-16-20-10-11/h1-4,9-10,14H,5-8H2. The first-order chi connectivity index (χ1) is 10.6. The van der Waals surface area contributed by atoms with E-state index in [0.29, 0.717) is 13.1 Å². The van der Waals surface area contributed by atoms with Crippen LogP contribution in [0.2, 0.25) is 5.02 Å². The zero-order valence-corrected chi connectivity index (χ0v) is 14.1. The lowest BCUT2D eigenvalue weighted by Crippen LogP contribution is -2.32. The van der Waals surface area contributed by atoms with Gasteiger partial charge >= 0.3 is 0 Å². The molecule has 1 fully saturated rings. The van der Waals surface area contributed by atoms with Crippen molar-refractivity contribution < 1.29 is 12.9 Å². The number of nitrogens with zero attached hydrogens (tertiary/aromatic N) is 2. The number of halogens is 1. The van der Waals surface area contributed by atoms with Crippen molar-refractivity contribution in [2.75, 3.05) is 18.8 Å². The number of rotatable bonds is 3. The van der Waals surface area contributed by atoms with Gasteiger partial charge in [0, 0.05) is 29.1 Å². The molecule has 1 atom stereocenters. The molecule has 0 bridgehead atoms. The Morgan fingerprint density at radius 1 is 1.32 bits per heavy atom. The Bertz CT molecular complexity index is 734. The average molecular weight is 359 g/mol. The lowest BCUT2D eigenvalue weighted by atomic mass is 10.1. The molecule has 3 rings (SSSR count). The Balaban J connectivity index is 1.77. The van der Waals surface area contributed by atoms with E-state index in [1.54, 1.807) is 11.8 Å². The van der Waals surface area contributed by atoms with Crippen LogP contribution in [0.1, 0.15) is 17.2 Å². The van der Waals surface area contributed by atoms with E-state index in [9.17, 15) is 8.42 Å². The summed E-state index contributed by atoms with van der Waals surface area (Å²) in [5, 5.41) is 4.41. The highest BCUT2D eigenvalue weighted by Crippen LogP contribution is 2.38. The molecule has 118 valence electrons. The van der Waals surface area contributed by atoms with Crippen molar-refractivity contribution in [3.8, 4) is 0 Å². The monoisotopic (exact) mass is 358 g/mol. The van der Waals surface area contributed by atoms with E-state index in [4.69, 9.17) is 11.6 Å². The van der Waals surface area contributed by atoms with Gasteiger partial charge in [0.05, 0.1) is 6.20 Å². The minimum Gasteiger partial charge on any atom is -0.363 e. The van der Waals surface area contributed by atoms with Crippen molar-refractivity contribution in [3.05, 3.63) is 47.3 Å². The van der Waals surface area contributed by atoms with Crippen LogP contribution in [0.5, 0.6) is 0 Å². The van der Waals surface area contributed by atoms with E-state index in [1.807, 2.05) is 24.3 Å². The minimum absolute atomic E-state index is 0.105. The first kappa shape index (κ1) is 15.9. The number of sulfonamides is 1. The number of hydrogen-bond donors (Lipinski definition) is 0. The largest absolute Gasteiger partial charge is 0.363 e. The van der Waals surface area contributed by atoms with Crippen LogP contribution in [0, 0.1) is 0 Å². The molecule has 1 aliphatic heterocycles. The Kier molecular flexibility index (Phi) is 4.77. The highest BCUT2D eigenvalue weighted by Gasteiger charge is 2.29. The number of hydrogen-bond acceptors (Lipinski definition) is 5. The van der Waals surface area contributed by atoms with Crippen molar-refractivity contribution >= 4 is 33.4 Å². The van der Waals surface area contributed by atoms with Gasteiger partial charge in [0.15, 0.2) is 0 Å². The molecular formula is C14H15ClN2O3S2. The van der Waals surface area contributed by atoms with Crippen molar-refractivity contribution in [2.24, 2.45) is 0 Å². The highest BCUT2D eigenvalue weighted by molar-refractivity contribution is 7.99. The van der Waals surface area contributed by atoms with Crippen LogP contribution in [0.15, 0.2) is 46.1 Å². The summed E-state index contributed by atoms with van der Waals surface area (Å²) in [7, 11) is -3.53. The molecule has 0 saturated carbocycles. The summed E-state index contributed by atoms with van der Waals surface area (Å²) >= 11 is 7.99. The van der Waals surface area contributed by atoms with Gasteiger partial charge in [0.1, 0.15) is 11.2 Å². The molecule has 0 amide bonds. The van der Waals surface area contributed by atoms with Crippen molar-refractivity contribution in [3.63, 3.8) is 0 Å². The van der Waals surface area contributed by atoms with Gasteiger partial charge in [0.2, 0.25) is 10.0 Å². The van der Waals surface area contributed by atoms with E-state index >= 15 is 0 Å². The lowest BCUT2D eigenvalue weighted by molar-refractivity contribution is 0.413. The van der Waals surface area contributed by atoms with Gasteiger partial charge in [0.25, 0.3) is 0 Å². The maximum absolute atomic E-state index is 12.5. The Morgan fingerprint density at radius 3 is 2.86 bits per heavy atom. The third kappa shape index (κ3) is 3.17. The molecule has 1 saturated heterocycles. The second-order valence-corrected chi connectivity index (χ2v) is 8.59. The SMILES string of the molecule is O=S(=O)(c1cnoc1)N1CCSC(c2ccccc2Cl)CC1. The van der Waals surface area contributed by atoms with Gasteiger partial charge in [-0.15, -0.1) is 0 Å². The summed E-state index contributed by atoms with van der Waals surface area (Å²) in [5.41, 5.74) is 1.07. The number of aromatic nitrogens is 1. The first-order valence-electron chi connectivity index (χ1n) is 6.84. The summed E-state index contributed by atoms with van der Waals surface area (Å²) in [4.78, 5) is 0.105. The summed E-state index contributed by atoms with van der Waals surface area (Å²) < 4.78 is 31.1. The summed E-state index contributed by atoms with van der Waals surface area (Å²) in [6.45, 7) is 0.926. The third-order valence-corrected chi connectivity index (χ3v) is 7.10. The van der Waals surface area contributed by atoms with Gasteiger partial charge in [-0.05, 0) is 18.1 Å². The van der Waals surface area contributed by atoms with Crippen molar-refractivity contribution in [1.82, 2.24) is 9.46 Å². The lowest BCUT2D eigenvalue weighted by Gasteiger charge is -2.18. The number of thioether (sulfide) groups is 1. The van der Waals surface area contributed by atoms with E-state index in [2.05, 4.69) is 9.68 Å². The molecule has 1 aliphatic rings. The van der Waals surface area contributed by atoms with Gasteiger partial charge in [-0.25, -0.2) is 8.42 Å². The first-order valence-corrected chi connectivity index (χ1v) is 9.71. The predicted octanol–water partition coefficient (Wildman–Crippen LogP) is 3.20. The van der Waals surface area contributed by atoms with Crippen molar-refractivity contribution in [2.45, 2.75) is 16.6 Å². The molecule has 0 radical (unpaired) electrons. The van der Waals surface area contributed by atoms with Crippen LogP contribution >= 0.6 is 23.4 Å². The summed E-state index contributed by atoms with van der Waals surface area (Å²) in [5.74, 6) is 0.723. The maximum atomic E-state index is 12.5. The molecular weight excluding hydrogens is 344 g/mol. The molecule has 2 aromatic rings. The molecule has 1 aromatic carbocycles. The van der Waals surface area contributed by atoms with Crippen molar-refractivity contribution in [1.29, 1.82) is 0 Å². The molecule has 2 heterocycles. The third-order valence-electron chi connectivity index (χ3n) is 3.60. The van der Waals surface area contributed by atoms with E-state index in [-0.39, 0.29) is 10.1 Å². The molecule has 1 aromatic heterocycles. The quantitative estimate of drug-likeness (QED) is 0.843. The zero-order chi connectivity index (χ0) is 15.6. The fourth-order valence-corrected chi connectivity index (χ4v) is 5.48. The van der Waals surface area contributed by atoms with Gasteiger partial charge in [-0.3, -0.25) is 0 Å². The molecule has 0 spiro atoms. The van der Waals surface area contributed by atoms with Gasteiger partial charge in [-0.2, -0.15) is 16.1 Å². The van der Waals surface area contributed by atoms with Gasteiger partial charge in [-0.1, -0.05) is 35.0 Å². The second-order valence-electron chi connectivity index (χ2n) is 4.93. The van der Waals surface area contributed by atoms with Crippen LogP contribution in [0.4, 0.5) is 0 Å². The fourth-order valence-electron chi connectivity index (χ4n) is 2.45. The molecule has 8 heteroatoms. The highest BCUT2D eigenvalue weighted by atomic mass is 35.5. The van der Waals surface area contributed by atoms with Gasteiger partial charge < -0.3 is 4.52 Å². The smallest absolute Gasteiger partial charge is 0.247 e. The molecule has 22 heavy (non-hydrogen) atoms. The summed E-state index contributed by atoms with van der Waals surface area (Å²) in [6, 6.07) is 7.73. The summed E-state index contributed by atoms with van der Waals surface area (Å²) in [6.07, 6.45) is 3.12.